The summed E-state index contributed by atoms with van der Waals surface area (Å²) in [5.74, 6) is 0.0132. The number of Topliss-reactive ketones (excluding diaryl/α,β-unsaturated/α-hetero) is 1. The van der Waals surface area contributed by atoms with E-state index in [1.54, 1.807) is 6.92 Å². The van der Waals surface area contributed by atoms with Crippen molar-refractivity contribution in [2.45, 2.75) is 43.3 Å². The van der Waals surface area contributed by atoms with Crippen molar-refractivity contribution >= 4 is 27.4 Å². The number of ether oxygens (including phenoxy) is 2. The van der Waals surface area contributed by atoms with Gasteiger partial charge in [0.1, 0.15) is 5.78 Å². The minimum absolute atomic E-state index is 0.0132. The normalized spacial score (nSPS) is 30.1. The minimum atomic E-state index is -3.73. The molecule has 1 unspecified atom stereocenters. The number of ketones is 1. The van der Waals surface area contributed by atoms with Crippen LogP contribution in [-0.4, -0.2) is 43.7 Å². The summed E-state index contributed by atoms with van der Waals surface area (Å²) in [6.45, 7) is 1.85. The van der Waals surface area contributed by atoms with Gasteiger partial charge in [-0.1, -0.05) is 11.6 Å². The third-order valence-electron chi connectivity index (χ3n) is 3.80. The number of benzene rings is 1. The van der Waals surface area contributed by atoms with Gasteiger partial charge in [-0.2, -0.15) is 4.31 Å². The van der Waals surface area contributed by atoms with Gasteiger partial charge in [0.15, 0.2) is 12.6 Å². The van der Waals surface area contributed by atoms with E-state index in [-0.39, 0.29) is 36.4 Å². The molecule has 2 aliphatic heterocycles. The summed E-state index contributed by atoms with van der Waals surface area (Å²) in [6, 6.07) is 5.33. The molecular weight excluding hydrogens is 330 g/mol. The van der Waals surface area contributed by atoms with Crippen LogP contribution in [0, 0.1) is 0 Å². The molecule has 8 heteroatoms. The van der Waals surface area contributed by atoms with Crippen molar-refractivity contribution < 1.29 is 22.7 Å². The summed E-state index contributed by atoms with van der Waals surface area (Å²) >= 11 is 5.80. The molecule has 3 rings (SSSR count). The molecule has 0 N–H and O–H groups in total. The van der Waals surface area contributed by atoms with E-state index in [1.807, 2.05) is 0 Å². The predicted octanol–water partition coefficient (Wildman–Crippen LogP) is 1.78. The zero-order valence-electron chi connectivity index (χ0n) is 11.9. The number of carbonyl (C=O) groups excluding carboxylic acids is 1. The second kappa shape index (κ2) is 5.90. The second-order valence-corrected chi connectivity index (χ2v) is 7.66. The van der Waals surface area contributed by atoms with Crippen LogP contribution in [-0.2, 0) is 24.3 Å². The first-order valence-electron chi connectivity index (χ1n) is 6.98. The zero-order valence-corrected chi connectivity index (χ0v) is 13.5. The van der Waals surface area contributed by atoms with Gasteiger partial charge < -0.3 is 9.47 Å². The number of halogens is 1. The lowest BCUT2D eigenvalue weighted by molar-refractivity contribution is -0.388. The van der Waals surface area contributed by atoms with Gasteiger partial charge in [0, 0.05) is 24.4 Å². The SMILES string of the molecule is CC1OC(C2CC(=O)CCN2S(=O)(=O)c2ccc(Cl)cc2)O1. The molecule has 120 valence electrons. The number of sulfonamides is 1. The largest absolute Gasteiger partial charge is 0.322 e. The summed E-state index contributed by atoms with van der Waals surface area (Å²) < 4.78 is 37.7. The topological polar surface area (TPSA) is 72.9 Å². The highest BCUT2D eigenvalue weighted by Gasteiger charge is 2.45. The van der Waals surface area contributed by atoms with Crippen molar-refractivity contribution in [1.82, 2.24) is 4.31 Å². The molecule has 0 aromatic heterocycles. The zero-order chi connectivity index (χ0) is 15.9. The number of rotatable bonds is 3. The van der Waals surface area contributed by atoms with E-state index in [0.717, 1.165) is 0 Å². The average molecular weight is 346 g/mol. The van der Waals surface area contributed by atoms with Gasteiger partial charge in [0.2, 0.25) is 10.0 Å². The maximum absolute atomic E-state index is 12.8. The van der Waals surface area contributed by atoms with E-state index in [2.05, 4.69) is 0 Å². The number of carbonyl (C=O) groups is 1. The van der Waals surface area contributed by atoms with E-state index < -0.39 is 22.4 Å². The number of hydrogen-bond donors (Lipinski definition) is 0. The van der Waals surface area contributed by atoms with Crippen molar-refractivity contribution in [3.05, 3.63) is 29.3 Å². The molecule has 0 aliphatic carbocycles. The molecule has 2 fully saturated rings. The van der Waals surface area contributed by atoms with Gasteiger partial charge in [-0.05, 0) is 31.2 Å². The van der Waals surface area contributed by atoms with Crippen molar-refractivity contribution in [2.24, 2.45) is 0 Å². The summed E-state index contributed by atoms with van der Waals surface area (Å²) in [5, 5.41) is 0.462. The Kier molecular flexibility index (Phi) is 4.26. The number of nitrogens with zero attached hydrogens (tertiary/aromatic N) is 1. The first kappa shape index (κ1) is 15.9. The highest BCUT2D eigenvalue weighted by Crippen LogP contribution is 2.32. The minimum Gasteiger partial charge on any atom is -0.322 e. The number of hydrogen-bond acceptors (Lipinski definition) is 5. The Morgan fingerprint density at radius 1 is 1.23 bits per heavy atom. The molecule has 0 bridgehead atoms. The summed E-state index contributed by atoms with van der Waals surface area (Å²) in [6.07, 6.45) is -0.765. The lowest BCUT2D eigenvalue weighted by Gasteiger charge is -2.44. The first-order chi connectivity index (χ1) is 10.4. The van der Waals surface area contributed by atoms with Crippen LogP contribution in [0.1, 0.15) is 19.8 Å². The van der Waals surface area contributed by atoms with Gasteiger partial charge in [-0.3, -0.25) is 4.79 Å². The highest BCUT2D eigenvalue weighted by atomic mass is 35.5. The fourth-order valence-corrected chi connectivity index (χ4v) is 4.42. The molecule has 0 saturated carbocycles. The molecule has 2 saturated heterocycles. The summed E-state index contributed by atoms with van der Waals surface area (Å²) in [5.41, 5.74) is 0. The van der Waals surface area contributed by atoms with E-state index in [9.17, 15) is 13.2 Å². The van der Waals surface area contributed by atoms with E-state index in [0.29, 0.717) is 5.02 Å². The predicted molar refractivity (Wildman–Crippen MR) is 78.8 cm³/mol. The lowest BCUT2D eigenvalue weighted by Crippen LogP contribution is -2.58. The molecule has 1 aromatic rings. The van der Waals surface area contributed by atoms with Gasteiger partial charge in [-0.15, -0.1) is 0 Å². The van der Waals surface area contributed by atoms with Gasteiger partial charge in [-0.25, -0.2) is 8.42 Å². The molecule has 1 atom stereocenters. The molecule has 0 amide bonds. The van der Waals surface area contributed by atoms with Crippen molar-refractivity contribution in [3.8, 4) is 0 Å². The van der Waals surface area contributed by atoms with Gasteiger partial charge >= 0.3 is 0 Å². The standard InChI is InChI=1S/C14H16ClNO5S/c1-9-20-14(21-9)13-8-11(17)6-7-16(13)22(18,19)12-4-2-10(15)3-5-12/h2-5,9,13-14H,6-8H2,1H3. The Morgan fingerprint density at radius 3 is 2.45 bits per heavy atom. The van der Waals surface area contributed by atoms with E-state index in [4.69, 9.17) is 21.1 Å². The molecule has 0 radical (unpaired) electrons. The van der Waals surface area contributed by atoms with Crippen LogP contribution in [0.25, 0.3) is 0 Å². The van der Waals surface area contributed by atoms with Crippen LogP contribution in [0.2, 0.25) is 5.02 Å². The Bertz CT molecular complexity index is 669. The fourth-order valence-electron chi connectivity index (χ4n) is 2.68. The summed E-state index contributed by atoms with van der Waals surface area (Å²) in [7, 11) is -3.73. The van der Waals surface area contributed by atoms with Crippen molar-refractivity contribution in [2.75, 3.05) is 6.54 Å². The Hall–Kier alpha value is -0.990. The Balaban J connectivity index is 1.89. The van der Waals surface area contributed by atoms with Crippen LogP contribution in [0.4, 0.5) is 0 Å². The second-order valence-electron chi connectivity index (χ2n) is 5.34. The fraction of sp³-hybridized carbons (Fsp3) is 0.500. The van der Waals surface area contributed by atoms with Crippen LogP contribution < -0.4 is 0 Å². The van der Waals surface area contributed by atoms with Crippen LogP contribution >= 0.6 is 11.6 Å². The monoisotopic (exact) mass is 345 g/mol. The molecule has 0 spiro atoms. The third kappa shape index (κ3) is 2.91. The lowest BCUT2D eigenvalue weighted by atomic mass is 10.0. The molecular formula is C14H16ClNO5S. The van der Waals surface area contributed by atoms with Crippen molar-refractivity contribution in [3.63, 3.8) is 0 Å². The van der Waals surface area contributed by atoms with Crippen LogP contribution in [0.15, 0.2) is 29.2 Å². The van der Waals surface area contributed by atoms with E-state index >= 15 is 0 Å². The Labute approximate surface area is 134 Å². The molecule has 22 heavy (non-hydrogen) atoms. The first-order valence-corrected chi connectivity index (χ1v) is 8.80. The van der Waals surface area contributed by atoms with Crippen LogP contribution in [0.3, 0.4) is 0 Å². The highest BCUT2D eigenvalue weighted by molar-refractivity contribution is 7.89. The maximum atomic E-state index is 12.8. The molecule has 1 aromatic carbocycles. The van der Waals surface area contributed by atoms with Crippen LogP contribution in [0.5, 0.6) is 0 Å². The summed E-state index contributed by atoms with van der Waals surface area (Å²) in [4.78, 5) is 11.8. The quantitative estimate of drug-likeness (QED) is 0.835. The smallest absolute Gasteiger partial charge is 0.243 e. The maximum Gasteiger partial charge on any atom is 0.243 e. The Morgan fingerprint density at radius 2 is 1.86 bits per heavy atom. The number of piperidine rings is 1. The molecule has 6 nitrogen and oxygen atoms in total. The third-order valence-corrected chi connectivity index (χ3v) is 5.99. The van der Waals surface area contributed by atoms with Crippen molar-refractivity contribution in [1.29, 1.82) is 0 Å². The molecule has 2 aliphatic rings. The molecule has 2 heterocycles. The van der Waals surface area contributed by atoms with Gasteiger partial charge in [0.05, 0.1) is 10.9 Å². The van der Waals surface area contributed by atoms with Gasteiger partial charge in [0.25, 0.3) is 0 Å². The average Bonchev–Trinajstić information content (AvgIpc) is 2.44. The van der Waals surface area contributed by atoms with E-state index in [1.165, 1.54) is 28.6 Å².